The fraction of sp³-hybridized carbons (Fsp3) is 0. The maximum Gasteiger partial charge on any atom is 0.462 e. The molecule has 0 unspecified atom stereocenters. The number of aromatic hydroxyl groups is 1. The van der Waals surface area contributed by atoms with Gasteiger partial charge < -0.3 is 14.2 Å². The second-order valence-electron chi connectivity index (χ2n) is 4.82. The number of hydrogen-bond donors (Lipinski definition) is 1. The van der Waals surface area contributed by atoms with Crippen LogP contribution in [0, 0.1) is 0 Å². The predicted molar refractivity (Wildman–Crippen MR) is 89.5 cm³/mol. The molecular formula is C18H15O4P. The summed E-state index contributed by atoms with van der Waals surface area (Å²) in [4.78, 5) is 0. The normalized spacial score (nSPS) is 11.0. The molecule has 0 radical (unpaired) electrons. The summed E-state index contributed by atoms with van der Waals surface area (Å²) in [5.74, 6) is 0.972. The molecule has 0 saturated heterocycles. The molecule has 1 N–H and O–H groups in total. The van der Waals surface area contributed by atoms with Gasteiger partial charge >= 0.3 is 7.60 Å². The summed E-state index contributed by atoms with van der Waals surface area (Å²) in [6.07, 6.45) is 0. The van der Waals surface area contributed by atoms with Gasteiger partial charge in [-0.2, -0.15) is 0 Å². The van der Waals surface area contributed by atoms with Crippen LogP contribution in [0.15, 0.2) is 84.9 Å². The van der Waals surface area contributed by atoms with E-state index in [1.54, 1.807) is 48.5 Å². The van der Waals surface area contributed by atoms with E-state index in [9.17, 15) is 9.67 Å². The van der Waals surface area contributed by atoms with Gasteiger partial charge in [0.05, 0.1) is 5.30 Å². The molecule has 0 atom stereocenters. The van der Waals surface area contributed by atoms with Crippen LogP contribution in [0.25, 0.3) is 0 Å². The van der Waals surface area contributed by atoms with Gasteiger partial charge in [-0.05, 0) is 48.5 Å². The van der Waals surface area contributed by atoms with Crippen LogP contribution in [0.2, 0.25) is 0 Å². The molecule has 0 aliphatic heterocycles. The minimum absolute atomic E-state index is 0.0831. The van der Waals surface area contributed by atoms with Gasteiger partial charge in [0.2, 0.25) is 0 Å². The van der Waals surface area contributed by atoms with Crippen LogP contribution in [0.3, 0.4) is 0 Å². The molecule has 3 aromatic carbocycles. The number of hydrogen-bond acceptors (Lipinski definition) is 4. The van der Waals surface area contributed by atoms with Crippen LogP contribution in [0.1, 0.15) is 0 Å². The first-order chi connectivity index (χ1) is 11.2. The molecule has 0 fully saturated rings. The number of para-hydroxylation sites is 2. The maximum atomic E-state index is 13.3. The lowest BCUT2D eigenvalue weighted by Gasteiger charge is -2.20. The first-order valence-electron chi connectivity index (χ1n) is 7.05. The van der Waals surface area contributed by atoms with Gasteiger partial charge in [-0.25, -0.2) is 4.57 Å². The average Bonchev–Trinajstić information content (AvgIpc) is 2.57. The van der Waals surface area contributed by atoms with Gasteiger partial charge in [0.1, 0.15) is 17.2 Å². The lowest BCUT2D eigenvalue weighted by molar-refractivity contribution is 0.399. The molecule has 0 aliphatic rings. The van der Waals surface area contributed by atoms with Crippen molar-refractivity contribution >= 4 is 12.9 Å². The van der Waals surface area contributed by atoms with Gasteiger partial charge in [-0.15, -0.1) is 0 Å². The molecule has 3 aromatic rings. The lowest BCUT2D eigenvalue weighted by atomic mass is 10.3. The summed E-state index contributed by atoms with van der Waals surface area (Å²) in [5, 5.41) is 9.79. The third kappa shape index (κ3) is 3.74. The summed E-state index contributed by atoms with van der Waals surface area (Å²) < 4.78 is 24.7. The van der Waals surface area contributed by atoms with E-state index in [1.165, 1.54) is 24.3 Å². The van der Waals surface area contributed by atoms with Gasteiger partial charge in [-0.3, -0.25) is 0 Å². The lowest BCUT2D eigenvalue weighted by Crippen LogP contribution is -2.14. The van der Waals surface area contributed by atoms with Crippen molar-refractivity contribution in [2.24, 2.45) is 0 Å². The predicted octanol–water partition coefficient (Wildman–Crippen LogP) is 4.37. The standard InChI is InChI=1S/C18H15O4P/c19-15-11-13-18(14-12-15)23(20,21-16-7-3-1-4-8-16)22-17-9-5-2-6-10-17/h1-14,19H. The van der Waals surface area contributed by atoms with E-state index in [0.717, 1.165) is 0 Å². The molecule has 0 saturated carbocycles. The molecule has 0 aliphatic carbocycles. The first kappa shape index (κ1) is 15.2. The number of phenolic OH excluding ortho intramolecular Hbond substituents is 1. The minimum Gasteiger partial charge on any atom is -0.508 e. The van der Waals surface area contributed by atoms with Crippen molar-refractivity contribution in [3.8, 4) is 17.2 Å². The van der Waals surface area contributed by atoms with Gasteiger partial charge in [-0.1, -0.05) is 36.4 Å². The third-order valence-corrected chi connectivity index (χ3v) is 4.94. The Morgan fingerprint density at radius 3 is 1.52 bits per heavy atom. The smallest absolute Gasteiger partial charge is 0.462 e. The van der Waals surface area contributed by atoms with Crippen LogP contribution in [-0.2, 0) is 4.57 Å². The molecule has 0 amide bonds. The fourth-order valence-electron chi connectivity index (χ4n) is 2.00. The van der Waals surface area contributed by atoms with Gasteiger partial charge in [0.15, 0.2) is 0 Å². The molecule has 3 rings (SSSR count). The van der Waals surface area contributed by atoms with Crippen molar-refractivity contribution in [1.82, 2.24) is 0 Å². The van der Waals surface area contributed by atoms with Crippen LogP contribution in [-0.4, -0.2) is 5.11 Å². The monoisotopic (exact) mass is 326 g/mol. The first-order valence-corrected chi connectivity index (χ1v) is 8.59. The quantitative estimate of drug-likeness (QED) is 0.708. The number of benzene rings is 3. The Morgan fingerprint density at radius 1 is 0.652 bits per heavy atom. The largest absolute Gasteiger partial charge is 0.508 e. The van der Waals surface area contributed by atoms with E-state index in [-0.39, 0.29) is 5.75 Å². The summed E-state index contributed by atoms with van der Waals surface area (Å²) in [6, 6.07) is 23.6. The molecule has 0 aromatic heterocycles. The highest BCUT2D eigenvalue weighted by Gasteiger charge is 2.31. The zero-order chi connectivity index (χ0) is 16.1. The van der Waals surface area contributed by atoms with E-state index < -0.39 is 7.60 Å². The Kier molecular flexibility index (Phi) is 4.35. The minimum atomic E-state index is -3.65. The Morgan fingerprint density at radius 2 is 1.09 bits per heavy atom. The van der Waals surface area contributed by atoms with E-state index in [2.05, 4.69) is 0 Å². The molecule has 0 bridgehead atoms. The van der Waals surface area contributed by atoms with Crippen LogP contribution < -0.4 is 14.4 Å². The van der Waals surface area contributed by atoms with Crippen LogP contribution in [0.5, 0.6) is 17.2 Å². The topological polar surface area (TPSA) is 55.8 Å². The van der Waals surface area contributed by atoms with Crippen molar-refractivity contribution in [3.63, 3.8) is 0 Å². The summed E-state index contributed by atoms with van der Waals surface area (Å²) in [7, 11) is -3.65. The van der Waals surface area contributed by atoms with E-state index in [1.807, 2.05) is 12.1 Å². The second kappa shape index (κ2) is 6.59. The molecule has 23 heavy (non-hydrogen) atoms. The van der Waals surface area contributed by atoms with Crippen molar-refractivity contribution in [1.29, 1.82) is 0 Å². The molecule has 5 heteroatoms. The summed E-state index contributed by atoms with van der Waals surface area (Å²) >= 11 is 0. The van der Waals surface area contributed by atoms with Crippen molar-refractivity contribution in [2.75, 3.05) is 0 Å². The van der Waals surface area contributed by atoms with Crippen molar-refractivity contribution < 1.29 is 18.7 Å². The van der Waals surface area contributed by atoms with Crippen molar-refractivity contribution in [3.05, 3.63) is 84.9 Å². The highest BCUT2D eigenvalue weighted by atomic mass is 31.2. The van der Waals surface area contributed by atoms with Crippen LogP contribution in [0.4, 0.5) is 0 Å². The zero-order valence-corrected chi connectivity index (χ0v) is 13.1. The summed E-state index contributed by atoms with van der Waals surface area (Å²) in [5.41, 5.74) is 0. The molecule has 0 heterocycles. The Balaban J connectivity index is 1.98. The SMILES string of the molecule is O=P(Oc1ccccc1)(Oc1ccccc1)c1ccc(O)cc1. The van der Waals surface area contributed by atoms with E-state index >= 15 is 0 Å². The zero-order valence-electron chi connectivity index (χ0n) is 12.2. The Bertz CT molecular complexity index is 756. The van der Waals surface area contributed by atoms with E-state index in [4.69, 9.17) is 9.05 Å². The maximum absolute atomic E-state index is 13.3. The van der Waals surface area contributed by atoms with Crippen LogP contribution >= 0.6 is 7.60 Å². The van der Waals surface area contributed by atoms with E-state index in [0.29, 0.717) is 16.8 Å². The Hall–Kier alpha value is -2.71. The second-order valence-corrected chi connectivity index (χ2v) is 6.70. The van der Waals surface area contributed by atoms with Gasteiger partial charge in [0, 0.05) is 0 Å². The number of rotatable bonds is 5. The fourth-order valence-corrected chi connectivity index (χ4v) is 3.56. The highest BCUT2D eigenvalue weighted by Crippen LogP contribution is 2.47. The highest BCUT2D eigenvalue weighted by molar-refractivity contribution is 7.63. The molecule has 0 spiro atoms. The molecular weight excluding hydrogens is 311 g/mol. The third-order valence-electron chi connectivity index (χ3n) is 3.10. The molecule has 116 valence electrons. The van der Waals surface area contributed by atoms with Crippen molar-refractivity contribution in [2.45, 2.75) is 0 Å². The van der Waals surface area contributed by atoms with Gasteiger partial charge in [0.25, 0.3) is 0 Å². The average molecular weight is 326 g/mol. The Labute approximate surface area is 134 Å². The number of phenols is 1. The molecule has 4 nitrogen and oxygen atoms in total. The summed E-state index contributed by atoms with van der Waals surface area (Å²) in [6.45, 7) is 0.